The minimum atomic E-state index is -0.368. The number of nitrogens with one attached hydrogen (secondary N) is 1. The number of rotatable bonds is 5. The van der Waals surface area contributed by atoms with E-state index < -0.39 is 0 Å². The van der Waals surface area contributed by atoms with E-state index in [1.54, 1.807) is 12.1 Å². The molecule has 1 aromatic heterocycles. The molecule has 1 heterocycles. The van der Waals surface area contributed by atoms with Crippen LogP contribution in [0.3, 0.4) is 0 Å². The lowest BCUT2D eigenvalue weighted by atomic mass is 10.1. The second-order valence-electron chi connectivity index (χ2n) is 4.75. The molecule has 1 aromatic carbocycles. The van der Waals surface area contributed by atoms with Gasteiger partial charge in [0.1, 0.15) is 5.82 Å². The van der Waals surface area contributed by atoms with E-state index >= 15 is 0 Å². The molecule has 0 bridgehead atoms. The van der Waals surface area contributed by atoms with Gasteiger partial charge in [-0.1, -0.05) is 17.7 Å². The van der Waals surface area contributed by atoms with Crippen molar-refractivity contribution in [3.8, 4) is 0 Å². The van der Waals surface area contributed by atoms with E-state index in [2.05, 4.69) is 31.3 Å². The Bertz CT molecular complexity index is 553. The van der Waals surface area contributed by atoms with Crippen LogP contribution in [-0.2, 0) is 13.0 Å². The number of hydrogen-bond acceptors (Lipinski definition) is 2. The molecule has 0 aliphatic rings. The average Bonchev–Trinajstić information content (AvgIpc) is 2.76. The van der Waals surface area contributed by atoms with Crippen molar-refractivity contribution in [1.82, 2.24) is 5.32 Å². The highest BCUT2D eigenvalue weighted by Gasteiger charge is 2.06. The second-order valence-corrected chi connectivity index (χ2v) is 6.53. The van der Waals surface area contributed by atoms with E-state index in [0.717, 1.165) is 12.0 Å². The fourth-order valence-corrected chi connectivity index (χ4v) is 3.13. The zero-order chi connectivity index (χ0) is 13.8. The molecule has 0 saturated heterocycles. The summed E-state index contributed by atoms with van der Waals surface area (Å²) < 4.78 is 13.0. The third-order valence-electron chi connectivity index (χ3n) is 2.94. The number of halogens is 2. The van der Waals surface area contributed by atoms with Crippen LogP contribution in [-0.4, -0.2) is 6.04 Å². The van der Waals surface area contributed by atoms with Crippen molar-refractivity contribution in [2.24, 2.45) is 0 Å². The molecule has 1 atom stereocenters. The van der Waals surface area contributed by atoms with Gasteiger partial charge in [-0.05, 0) is 50.1 Å². The molecule has 2 rings (SSSR count). The minimum absolute atomic E-state index is 0.181. The lowest BCUT2D eigenvalue weighted by Gasteiger charge is -2.13. The minimum Gasteiger partial charge on any atom is -0.310 e. The van der Waals surface area contributed by atoms with E-state index in [1.807, 2.05) is 11.3 Å². The smallest absolute Gasteiger partial charge is 0.141 e. The first-order chi connectivity index (χ1) is 9.04. The summed E-state index contributed by atoms with van der Waals surface area (Å²) >= 11 is 7.59. The van der Waals surface area contributed by atoms with Crippen LogP contribution in [0.2, 0.25) is 5.02 Å². The van der Waals surface area contributed by atoms with Crippen molar-refractivity contribution >= 4 is 22.9 Å². The molecule has 1 unspecified atom stereocenters. The summed E-state index contributed by atoms with van der Waals surface area (Å²) in [6, 6.07) is 9.54. The van der Waals surface area contributed by atoms with Crippen LogP contribution < -0.4 is 5.32 Å². The zero-order valence-corrected chi connectivity index (χ0v) is 12.6. The van der Waals surface area contributed by atoms with Crippen LogP contribution in [0, 0.1) is 12.7 Å². The quantitative estimate of drug-likeness (QED) is 0.852. The normalized spacial score (nSPS) is 12.6. The standard InChI is InChI=1S/C15H17ClFNS/c1-10(7-13-5-3-11(2)19-13)18-9-12-4-6-15(17)14(16)8-12/h3-6,8,10,18H,7,9H2,1-2H3. The molecule has 102 valence electrons. The Morgan fingerprint density at radius 2 is 2.11 bits per heavy atom. The molecule has 0 spiro atoms. The number of thiophene rings is 1. The van der Waals surface area contributed by atoms with E-state index in [9.17, 15) is 4.39 Å². The largest absolute Gasteiger partial charge is 0.310 e. The van der Waals surface area contributed by atoms with Crippen molar-refractivity contribution in [2.75, 3.05) is 0 Å². The Balaban J connectivity index is 1.86. The summed E-state index contributed by atoms with van der Waals surface area (Å²) in [5.41, 5.74) is 1.00. The van der Waals surface area contributed by atoms with E-state index in [-0.39, 0.29) is 10.8 Å². The SMILES string of the molecule is Cc1ccc(CC(C)NCc2ccc(F)c(Cl)c2)s1. The summed E-state index contributed by atoms with van der Waals surface area (Å²) in [7, 11) is 0. The van der Waals surface area contributed by atoms with Crippen molar-refractivity contribution < 1.29 is 4.39 Å². The van der Waals surface area contributed by atoms with Crippen LogP contribution in [0.5, 0.6) is 0 Å². The van der Waals surface area contributed by atoms with Crippen molar-refractivity contribution in [3.05, 3.63) is 56.5 Å². The first-order valence-electron chi connectivity index (χ1n) is 6.27. The van der Waals surface area contributed by atoms with Crippen LogP contribution >= 0.6 is 22.9 Å². The number of hydrogen-bond donors (Lipinski definition) is 1. The van der Waals surface area contributed by atoms with E-state index in [0.29, 0.717) is 12.6 Å². The molecule has 4 heteroatoms. The predicted octanol–water partition coefficient (Wildman–Crippen LogP) is 4.57. The second kappa shape index (κ2) is 6.51. The maximum Gasteiger partial charge on any atom is 0.141 e. The molecule has 0 radical (unpaired) electrons. The van der Waals surface area contributed by atoms with Gasteiger partial charge < -0.3 is 5.32 Å². The highest BCUT2D eigenvalue weighted by Crippen LogP contribution is 2.18. The molecular formula is C15H17ClFNS. The molecule has 1 nitrogen and oxygen atoms in total. The number of benzene rings is 1. The topological polar surface area (TPSA) is 12.0 Å². The first-order valence-corrected chi connectivity index (χ1v) is 7.46. The van der Waals surface area contributed by atoms with Crippen molar-refractivity contribution in [2.45, 2.75) is 32.9 Å². The maximum atomic E-state index is 13.0. The van der Waals surface area contributed by atoms with Gasteiger partial charge in [-0.25, -0.2) is 4.39 Å². The summed E-state index contributed by atoms with van der Waals surface area (Å²) in [5.74, 6) is -0.368. The van der Waals surface area contributed by atoms with Gasteiger partial charge in [0.15, 0.2) is 0 Å². The first kappa shape index (κ1) is 14.5. The Kier molecular flexibility index (Phi) is 4.97. The fraction of sp³-hybridized carbons (Fsp3) is 0.333. The van der Waals surface area contributed by atoms with Gasteiger partial charge in [0.05, 0.1) is 5.02 Å². The van der Waals surface area contributed by atoms with Gasteiger partial charge in [0, 0.05) is 22.3 Å². The molecule has 0 fully saturated rings. The molecule has 0 aliphatic heterocycles. The lowest BCUT2D eigenvalue weighted by molar-refractivity contribution is 0.547. The summed E-state index contributed by atoms with van der Waals surface area (Å²) in [6.07, 6.45) is 1.01. The maximum absolute atomic E-state index is 13.0. The lowest BCUT2D eigenvalue weighted by Crippen LogP contribution is -2.27. The van der Waals surface area contributed by atoms with Crippen LogP contribution in [0.1, 0.15) is 22.2 Å². The fourth-order valence-electron chi connectivity index (χ4n) is 1.91. The van der Waals surface area contributed by atoms with E-state index in [4.69, 9.17) is 11.6 Å². The van der Waals surface area contributed by atoms with Gasteiger partial charge in [-0.3, -0.25) is 0 Å². The Morgan fingerprint density at radius 3 is 2.74 bits per heavy atom. The van der Waals surface area contributed by atoms with Gasteiger partial charge in [0.25, 0.3) is 0 Å². The van der Waals surface area contributed by atoms with Crippen LogP contribution in [0.15, 0.2) is 30.3 Å². The molecule has 19 heavy (non-hydrogen) atoms. The molecule has 0 aliphatic carbocycles. The zero-order valence-electron chi connectivity index (χ0n) is 11.0. The molecule has 0 amide bonds. The van der Waals surface area contributed by atoms with Crippen molar-refractivity contribution in [1.29, 1.82) is 0 Å². The van der Waals surface area contributed by atoms with Gasteiger partial charge in [-0.2, -0.15) is 0 Å². The van der Waals surface area contributed by atoms with Crippen LogP contribution in [0.4, 0.5) is 4.39 Å². The average molecular weight is 298 g/mol. The predicted molar refractivity (Wildman–Crippen MR) is 80.5 cm³/mol. The summed E-state index contributed by atoms with van der Waals surface area (Å²) in [4.78, 5) is 2.72. The summed E-state index contributed by atoms with van der Waals surface area (Å²) in [6.45, 7) is 4.97. The molecule has 2 aromatic rings. The molecule has 1 N–H and O–H groups in total. The van der Waals surface area contributed by atoms with Gasteiger partial charge in [-0.15, -0.1) is 11.3 Å². The monoisotopic (exact) mass is 297 g/mol. The highest BCUT2D eigenvalue weighted by molar-refractivity contribution is 7.11. The third-order valence-corrected chi connectivity index (χ3v) is 4.25. The van der Waals surface area contributed by atoms with Crippen molar-refractivity contribution in [3.63, 3.8) is 0 Å². The highest BCUT2D eigenvalue weighted by atomic mass is 35.5. The molecular weight excluding hydrogens is 281 g/mol. The number of aryl methyl sites for hydroxylation is 1. The Hall–Kier alpha value is -0.900. The van der Waals surface area contributed by atoms with Crippen LogP contribution in [0.25, 0.3) is 0 Å². The Labute approximate surface area is 122 Å². The van der Waals surface area contributed by atoms with E-state index in [1.165, 1.54) is 15.8 Å². The summed E-state index contributed by atoms with van der Waals surface area (Å²) in [5, 5.41) is 3.61. The van der Waals surface area contributed by atoms with Gasteiger partial charge >= 0.3 is 0 Å². The van der Waals surface area contributed by atoms with Gasteiger partial charge in [0.2, 0.25) is 0 Å². The molecule has 0 saturated carbocycles. The Morgan fingerprint density at radius 1 is 1.32 bits per heavy atom. The third kappa shape index (κ3) is 4.30.